The molecule has 3 N–H and O–H groups in total. The van der Waals surface area contributed by atoms with Crippen LogP contribution in [0.2, 0.25) is 0 Å². The van der Waals surface area contributed by atoms with E-state index in [9.17, 15) is 19.5 Å². The second kappa shape index (κ2) is 10.8. The Hall–Kier alpha value is -3.22. The van der Waals surface area contributed by atoms with Gasteiger partial charge in [0.15, 0.2) is 5.16 Å². The SMILES string of the molecule is O=C(Cc1ccccc1)N[C@@H]1C(=O)N2C(C(=O)O)=C(Sc3ccccc3CSc3ncn[nH]3)CS[C@H]12. The van der Waals surface area contributed by atoms with Gasteiger partial charge < -0.3 is 10.4 Å². The molecule has 0 aliphatic carbocycles. The fraction of sp³-hybridized carbons (Fsp3) is 0.208. The molecule has 2 atom stereocenters. The van der Waals surface area contributed by atoms with Crippen LogP contribution in [0.4, 0.5) is 0 Å². The Morgan fingerprint density at radius 1 is 1.17 bits per heavy atom. The van der Waals surface area contributed by atoms with Gasteiger partial charge in [-0.2, -0.15) is 5.10 Å². The van der Waals surface area contributed by atoms with Gasteiger partial charge in [0, 0.05) is 21.3 Å². The summed E-state index contributed by atoms with van der Waals surface area (Å²) >= 11 is 4.32. The second-order valence-electron chi connectivity index (χ2n) is 7.98. The lowest BCUT2D eigenvalue weighted by Gasteiger charge is -2.49. The molecule has 9 nitrogen and oxygen atoms in total. The monoisotopic (exact) mass is 539 g/mol. The third-order valence-electron chi connectivity index (χ3n) is 5.62. The summed E-state index contributed by atoms with van der Waals surface area (Å²) in [4.78, 5) is 44.7. The number of carbonyl (C=O) groups excluding carboxylic acids is 2. The first-order valence-corrected chi connectivity index (χ1v) is 13.8. The Kier molecular flexibility index (Phi) is 7.35. The zero-order chi connectivity index (χ0) is 25.1. The highest BCUT2D eigenvalue weighted by molar-refractivity contribution is 8.06. The third kappa shape index (κ3) is 5.15. The Balaban J connectivity index is 1.30. The molecular weight excluding hydrogens is 518 g/mol. The third-order valence-corrected chi connectivity index (χ3v) is 9.21. The number of rotatable bonds is 9. The standard InChI is InChI=1S/C24H21N5O4S3/c30-18(10-14-6-2-1-3-7-14)27-19-21(31)29-20(23(32)33)17(12-34-22(19)29)36-16-9-5-4-8-15(16)11-35-24-25-13-26-28-24/h1-9,13,19,22H,10-12H2,(H,27,30)(H,32,33)(H,25,26,28)/t19-,22-/m1/s1. The highest BCUT2D eigenvalue weighted by Gasteiger charge is 2.54. The summed E-state index contributed by atoms with van der Waals surface area (Å²) in [6.07, 6.45) is 1.61. The van der Waals surface area contributed by atoms with Crippen molar-refractivity contribution in [3.05, 3.63) is 82.7 Å². The van der Waals surface area contributed by atoms with E-state index in [0.717, 1.165) is 16.0 Å². The van der Waals surface area contributed by atoms with Gasteiger partial charge in [0.2, 0.25) is 5.91 Å². The van der Waals surface area contributed by atoms with Crippen molar-refractivity contribution in [2.45, 2.75) is 33.6 Å². The molecule has 184 valence electrons. The van der Waals surface area contributed by atoms with Crippen LogP contribution in [0.15, 0.2) is 81.6 Å². The zero-order valence-electron chi connectivity index (χ0n) is 18.8. The minimum atomic E-state index is -1.15. The van der Waals surface area contributed by atoms with Crippen LogP contribution in [0.5, 0.6) is 0 Å². The summed E-state index contributed by atoms with van der Waals surface area (Å²) in [6.45, 7) is 0. The van der Waals surface area contributed by atoms with Crippen molar-refractivity contribution in [2.75, 3.05) is 5.75 Å². The van der Waals surface area contributed by atoms with Crippen molar-refractivity contribution in [3.8, 4) is 0 Å². The number of fused-ring (bicyclic) bond motifs is 1. The number of carboxylic acid groups (broad SMARTS) is 1. The van der Waals surface area contributed by atoms with Gasteiger partial charge in [0.05, 0.1) is 6.42 Å². The lowest BCUT2D eigenvalue weighted by molar-refractivity contribution is -0.150. The van der Waals surface area contributed by atoms with Crippen molar-refractivity contribution in [1.82, 2.24) is 25.4 Å². The first-order chi connectivity index (χ1) is 17.5. The molecule has 0 bridgehead atoms. The number of benzene rings is 2. The van der Waals surface area contributed by atoms with E-state index in [2.05, 4.69) is 20.5 Å². The summed E-state index contributed by atoms with van der Waals surface area (Å²) in [5.41, 5.74) is 1.86. The number of aromatic nitrogens is 3. The van der Waals surface area contributed by atoms with Crippen LogP contribution in [0.25, 0.3) is 0 Å². The van der Waals surface area contributed by atoms with Crippen LogP contribution in [-0.4, -0.2) is 60.1 Å². The van der Waals surface area contributed by atoms with Gasteiger partial charge in [-0.15, -0.1) is 11.8 Å². The lowest BCUT2D eigenvalue weighted by Crippen LogP contribution is -2.70. The predicted octanol–water partition coefficient (Wildman–Crippen LogP) is 3.13. The fourth-order valence-corrected chi connectivity index (χ4v) is 7.41. The Bertz CT molecular complexity index is 1320. The van der Waals surface area contributed by atoms with E-state index in [1.54, 1.807) is 0 Å². The van der Waals surface area contributed by atoms with Crippen LogP contribution < -0.4 is 5.32 Å². The Morgan fingerprint density at radius 2 is 1.94 bits per heavy atom. The molecular formula is C24H21N5O4S3. The number of thioether (sulfide) groups is 3. The molecule has 0 unspecified atom stereocenters. The number of H-pyrrole nitrogens is 1. The number of aliphatic carboxylic acids is 1. The van der Waals surface area contributed by atoms with Gasteiger partial charge >= 0.3 is 5.97 Å². The maximum absolute atomic E-state index is 13.0. The van der Waals surface area contributed by atoms with Gasteiger partial charge in [0.1, 0.15) is 23.4 Å². The summed E-state index contributed by atoms with van der Waals surface area (Å²) in [5, 5.41) is 19.7. The molecule has 2 aliphatic rings. The smallest absolute Gasteiger partial charge is 0.353 e. The highest BCUT2D eigenvalue weighted by Crippen LogP contribution is 2.46. The first kappa shape index (κ1) is 24.5. The van der Waals surface area contributed by atoms with Gasteiger partial charge in [-0.3, -0.25) is 19.6 Å². The number of nitrogens with zero attached hydrogens (tertiary/aromatic N) is 3. The van der Waals surface area contributed by atoms with Gasteiger partial charge in [-0.05, 0) is 17.2 Å². The molecule has 0 spiro atoms. The number of hydrogen-bond donors (Lipinski definition) is 3. The molecule has 1 saturated heterocycles. The summed E-state index contributed by atoms with van der Waals surface area (Å²) in [7, 11) is 0. The van der Waals surface area contributed by atoms with Crippen molar-refractivity contribution in [1.29, 1.82) is 0 Å². The van der Waals surface area contributed by atoms with Gasteiger partial charge in [-0.25, -0.2) is 9.78 Å². The Morgan fingerprint density at radius 3 is 2.69 bits per heavy atom. The number of carboxylic acids is 1. The lowest BCUT2D eigenvalue weighted by atomic mass is 10.0. The number of nitrogens with one attached hydrogen (secondary N) is 2. The first-order valence-electron chi connectivity index (χ1n) is 11.0. The van der Waals surface area contributed by atoms with E-state index in [0.29, 0.717) is 21.6 Å². The van der Waals surface area contributed by atoms with Crippen LogP contribution in [0.3, 0.4) is 0 Å². The Labute approximate surface area is 219 Å². The van der Waals surface area contributed by atoms with Gasteiger partial charge in [0.25, 0.3) is 5.91 Å². The molecule has 2 aliphatic heterocycles. The number of hydrogen-bond acceptors (Lipinski definition) is 8. The molecule has 2 aromatic carbocycles. The molecule has 5 rings (SSSR count). The molecule has 36 heavy (non-hydrogen) atoms. The molecule has 3 aromatic rings. The van der Waals surface area contributed by atoms with E-state index in [-0.39, 0.29) is 18.0 Å². The summed E-state index contributed by atoms with van der Waals surface area (Å²) in [6, 6.07) is 16.3. The largest absolute Gasteiger partial charge is 0.477 e. The van der Waals surface area contributed by atoms with E-state index in [4.69, 9.17) is 0 Å². The van der Waals surface area contributed by atoms with E-state index in [1.165, 1.54) is 46.5 Å². The average Bonchev–Trinajstić information content (AvgIpc) is 3.41. The highest BCUT2D eigenvalue weighted by atomic mass is 32.2. The molecule has 1 fully saturated rings. The number of β-lactam (4-membered cyclic amide) rings is 1. The zero-order valence-corrected chi connectivity index (χ0v) is 21.2. The normalized spacial score (nSPS) is 19.0. The second-order valence-corrected chi connectivity index (χ2v) is 11.2. The maximum Gasteiger partial charge on any atom is 0.353 e. The number of carbonyl (C=O) groups is 3. The van der Waals surface area contributed by atoms with Crippen LogP contribution >= 0.6 is 35.3 Å². The van der Waals surface area contributed by atoms with Crippen LogP contribution in [0, 0.1) is 0 Å². The number of aromatic amines is 1. The molecule has 0 radical (unpaired) electrons. The summed E-state index contributed by atoms with van der Waals surface area (Å²) < 4.78 is 0. The minimum Gasteiger partial charge on any atom is -0.477 e. The maximum atomic E-state index is 13.0. The van der Waals surface area contributed by atoms with Gasteiger partial charge in [-0.1, -0.05) is 72.1 Å². The molecule has 12 heteroatoms. The van der Waals surface area contributed by atoms with Crippen molar-refractivity contribution >= 4 is 53.1 Å². The quantitative estimate of drug-likeness (QED) is 0.277. The average molecular weight is 540 g/mol. The molecule has 3 heterocycles. The van der Waals surface area contributed by atoms with Crippen molar-refractivity contribution in [2.24, 2.45) is 0 Å². The van der Waals surface area contributed by atoms with E-state index in [1.807, 2.05) is 54.6 Å². The summed E-state index contributed by atoms with van der Waals surface area (Å²) in [5.74, 6) is -0.770. The fourth-order valence-electron chi connectivity index (χ4n) is 3.94. The van der Waals surface area contributed by atoms with Crippen molar-refractivity contribution < 1.29 is 19.5 Å². The molecule has 0 saturated carbocycles. The van der Waals surface area contributed by atoms with E-state index < -0.39 is 23.3 Å². The minimum absolute atomic E-state index is 0.0139. The van der Waals surface area contributed by atoms with Crippen molar-refractivity contribution in [3.63, 3.8) is 0 Å². The molecule has 1 aromatic heterocycles. The van der Waals surface area contributed by atoms with Crippen LogP contribution in [0.1, 0.15) is 11.1 Å². The topological polar surface area (TPSA) is 128 Å². The van der Waals surface area contributed by atoms with E-state index >= 15 is 0 Å². The molecule has 2 amide bonds. The number of amides is 2. The van der Waals surface area contributed by atoms with Crippen LogP contribution in [-0.2, 0) is 26.6 Å². The predicted molar refractivity (Wildman–Crippen MR) is 138 cm³/mol.